The topological polar surface area (TPSA) is 64.7 Å². The summed E-state index contributed by atoms with van der Waals surface area (Å²) in [6, 6.07) is 16.5. The van der Waals surface area contributed by atoms with Gasteiger partial charge in [-0.15, -0.1) is 0 Å². The normalized spacial score (nSPS) is 25.9. The smallest absolute Gasteiger partial charge is 0.238 e. The Balaban J connectivity index is 1.63. The van der Waals surface area contributed by atoms with Crippen molar-refractivity contribution in [2.75, 3.05) is 38.5 Å². The van der Waals surface area contributed by atoms with Gasteiger partial charge in [0.25, 0.3) is 0 Å². The molecule has 32 heavy (non-hydrogen) atoms. The van der Waals surface area contributed by atoms with Gasteiger partial charge >= 0.3 is 0 Å². The lowest BCUT2D eigenvalue weighted by atomic mass is 9.76. The lowest BCUT2D eigenvalue weighted by Gasteiger charge is -2.44. The van der Waals surface area contributed by atoms with Gasteiger partial charge in [-0.2, -0.15) is 0 Å². The number of aryl methyl sites for hydroxylation is 1. The number of benzene rings is 2. The molecule has 6 heteroatoms. The van der Waals surface area contributed by atoms with Gasteiger partial charge in [0.1, 0.15) is 0 Å². The number of likely N-dealkylation sites (N-methyl/N-ethyl adjacent to an activating group) is 1. The zero-order chi connectivity index (χ0) is 22.9. The van der Waals surface area contributed by atoms with Crippen LogP contribution in [0.1, 0.15) is 36.1 Å². The minimum Gasteiger partial charge on any atom is -0.348 e. The molecule has 2 aliphatic rings. The van der Waals surface area contributed by atoms with E-state index in [0.717, 1.165) is 36.3 Å². The van der Waals surface area contributed by atoms with Gasteiger partial charge in [-0.3, -0.25) is 14.5 Å². The van der Waals surface area contributed by atoms with Gasteiger partial charge in [0.05, 0.1) is 12.1 Å². The second-order valence-electron chi connectivity index (χ2n) is 9.53. The number of hydrogen-bond acceptors (Lipinski definition) is 4. The maximum Gasteiger partial charge on any atom is 0.238 e. The van der Waals surface area contributed by atoms with E-state index in [9.17, 15) is 9.59 Å². The Kier molecular flexibility index (Phi) is 6.35. The number of hydrogen-bond donors (Lipinski definition) is 2. The molecular weight excluding hydrogens is 400 g/mol. The maximum atomic E-state index is 13.2. The molecule has 2 saturated heterocycles. The van der Waals surface area contributed by atoms with Crippen LogP contribution in [0.2, 0.25) is 0 Å². The van der Waals surface area contributed by atoms with Crippen LogP contribution in [0.4, 0.5) is 5.69 Å². The summed E-state index contributed by atoms with van der Waals surface area (Å²) in [4.78, 5) is 29.9. The summed E-state index contributed by atoms with van der Waals surface area (Å²) in [5.41, 5.74) is 3.95. The molecule has 0 saturated carbocycles. The van der Waals surface area contributed by atoms with E-state index < -0.39 is 0 Å². The average Bonchev–Trinajstić information content (AvgIpc) is 3.03. The first kappa shape index (κ1) is 22.5. The van der Waals surface area contributed by atoms with Gasteiger partial charge in [-0.25, -0.2) is 0 Å². The van der Waals surface area contributed by atoms with Crippen LogP contribution in [0.3, 0.4) is 0 Å². The van der Waals surface area contributed by atoms with Crippen LogP contribution in [0.15, 0.2) is 48.5 Å². The molecule has 2 heterocycles. The number of fused-ring (bicyclic) bond motifs is 1. The maximum absolute atomic E-state index is 13.2. The second kappa shape index (κ2) is 9.04. The lowest BCUT2D eigenvalue weighted by Crippen LogP contribution is -2.63. The van der Waals surface area contributed by atoms with E-state index in [1.54, 1.807) is 6.92 Å². The van der Waals surface area contributed by atoms with Crippen LogP contribution in [0.5, 0.6) is 0 Å². The molecule has 0 aromatic heterocycles. The molecule has 0 bridgehead atoms. The first-order chi connectivity index (χ1) is 15.3. The standard InChI is InChI=1S/C26H34N4O2/c1-18-9-8-12-23(19(18)2)27-24(32)15-30-17-26(28-20(3)31)16-29(4)14-13-22(26)25(30)21-10-6-5-7-11-21/h5-12,22,25H,13-17H2,1-4H3,(H,27,32)(H,28,31)/t22-,25-,26-/m1/s1. The number of amides is 2. The number of anilines is 1. The van der Waals surface area contributed by atoms with Crippen LogP contribution in [-0.4, -0.2) is 60.4 Å². The van der Waals surface area contributed by atoms with E-state index in [1.807, 2.05) is 25.1 Å². The highest BCUT2D eigenvalue weighted by Gasteiger charge is 2.55. The highest BCUT2D eigenvalue weighted by molar-refractivity contribution is 5.93. The summed E-state index contributed by atoms with van der Waals surface area (Å²) in [5, 5.41) is 6.42. The van der Waals surface area contributed by atoms with Gasteiger partial charge < -0.3 is 15.5 Å². The lowest BCUT2D eigenvalue weighted by molar-refractivity contribution is -0.122. The highest BCUT2D eigenvalue weighted by Crippen LogP contribution is 2.47. The van der Waals surface area contributed by atoms with Crippen LogP contribution >= 0.6 is 0 Å². The first-order valence-electron chi connectivity index (χ1n) is 11.4. The van der Waals surface area contributed by atoms with E-state index in [-0.39, 0.29) is 35.9 Å². The Morgan fingerprint density at radius 1 is 1.06 bits per heavy atom. The molecule has 2 amide bonds. The molecule has 0 aliphatic carbocycles. The van der Waals surface area contributed by atoms with Crippen molar-refractivity contribution >= 4 is 17.5 Å². The van der Waals surface area contributed by atoms with Gasteiger partial charge in [-0.1, -0.05) is 42.5 Å². The number of carbonyl (C=O) groups is 2. The molecule has 170 valence electrons. The quantitative estimate of drug-likeness (QED) is 0.759. The summed E-state index contributed by atoms with van der Waals surface area (Å²) in [6.45, 7) is 8.39. The van der Waals surface area contributed by atoms with Crippen LogP contribution in [0, 0.1) is 19.8 Å². The molecule has 6 nitrogen and oxygen atoms in total. The average molecular weight is 435 g/mol. The van der Waals surface area contributed by atoms with Crippen molar-refractivity contribution in [1.29, 1.82) is 0 Å². The van der Waals surface area contributed by atoms with Gasteiger partial charge in [0.15, 0.2) is 0 Å². The summed E-state index contributed by atoms with van der Waals surface area (Å²) < 4.78 is 0. The molecule has 2 aromatic carbocycles. The van der Waals surface area contributed by atoms with E-state index >= 15 is 0 Å². The van der Waals surface area contributed by atoms with Crippen molar-refractivity contribution in [3.05, 3.63) is 65.2 Å². The van der Waals surface area contributed by atoms with Gasteiger partial charge in [0.2, 0.25) is 11.8 Å². The zero-order valence-electron chi connectivity index (χ0n) is 19.5. The molecule has 0 spiro atoms. The van der Waals surface area contributed by atoms with Gasteiger partial charge in [0, 0.05) is 37.7 Å². The van der Waals surface area contributed by atoms with E-state index in [2.05, 4.69) is 64.7 Å². The third-order valence-electron chi connectivity index (χ3n) is 7.13. The largest absolute Gasteiger partial charge is 0.348 e. The fraction of sp³-hybridized carbons (Fsp3) is 0.462. The van der Waals surface area contributed by atoms with Crippen molar-refractivity contribution in [3.8, 4) is 0 Å². The SMILES string of the molecule is CC(=O)N[C@@]12CN(C)CC[C@@H]1[C@@H](c1ccccc1)N(CC(=O)Nc1cccc(C)c1C)C2. The van der Waals surface area contributed by atoms with E-state index in [4.69, 9.17) is 0 Å². The summed E-state index contributed by atoms with van der Waals surface area (Å²) >= 11 is 0. The molecule has 2 aromatic rings. The molecule has 3 atom stereocenters. The van der Waals surface area contributed by atoms with Crippen LogP contribution in [-0.2, 0) is 9.59 Å². The summed E-state index contributed by atoms with van der Waals surface area (Å²) in [7, 11) is 2.10. The van der Waals surface area contributed by atoms with E-state index in [1.165, 1.54) is 5.56 Å². The minimum absolute atomic E-state index is 0.0150. The van der Waals surface area contributed by atoms with Crippen LogP contribution in [0.25, 0.3) is 0 Å². The molecular formula is C26H34N4O2. The molecule has 0 unspecified atom stereocenters. The third-order valence-corrected chi connectivity index (χ3v) is 7.13. The fourth-order valence-corrected chi connectivity index (χ4v) is 5.69. The molecule has 2 N–H and O–H groups in total. The number of carbonyl (C=O) groups excluding carboxylic acids is 2. The Morgan fingerprint density at radius 3 is 2.53 bits per heavy atom. The van der Waals surface area contributed by atoms with E-state index in [0.29, 0.717) is 6.54 Å². The second-order valence-corrected chi connectivity index (χ2v) is 9.53. The number of likely N-dealkylation sites (tertiary alicyclic amines) is 2. The van der Waals surface area contributed by atoms with Crippen molar-refractivity contribution < 1.29 is 9.59 Å². The first-order valence-corrected chi connectivity index (χ1v) is 11.4. The molecule has 4 rings (SSSR count). The van der Waals surface area contributed by atoms with Crippen molar-refractivity contribution in [3.63, 3.8) is 0 Å². The van der Waals surface area contributed by atoms with Crippen LogP contribution < -0.4 is 10.6 Å². The van der Waals surface area contributed by atoms with Crippen molar-refractivity contribution in [1.82, 2.24) is 15.1 Å². The number of nitrogens with zero attached hydrogens (tertiary/aromatic N) is 2. The number of rotatable bonds is 5. The molecule has 2 aliphatic heterocycles. The zero-order valence-corrected chi connectivity index (χ0v) is 19.5. The highest BCUT2D eigenvalue weighted by atomic mass is 16.2. The third kappa shape index (κ3) is 4.43. The Labute approximate surface area is 191 Å². The predicted molar refractivity (Wildman–Crippen MR) is 127 cm³/mol. The van der Waals surface area contributed by atoms with Crippen molar-refractivity contribution in [2.24, 2.45) is 5.92 Å². The number of nitrogens with one attached hydrogen (secondary N) is 2. The number of piperidine rings is 1. The fourth-order valence-electron chi connectivity index (χ4n) is 5.69. The van der Waals surface area contributed by atoms with Gasteiger partial charge in [-0.05, 0) is 56.6 Å². The van der Waals surface area contributed by atoms with Crippen molar-refractivity contribution in [2.45, 2.75) is 38.8 Å². The summed E-state index contributed by atoms with van der Waals surface area (Å²) in [6.07, 6.45) is 0.978. The minimum atomic E-state index is -0.362. The molecule has 2 fully saturated rings. The summed E-state index contributed by atoms with van der Waals surface area (Å²) in [5.74, 6) is 0.210. The molecule has 0 radical (unpaired) electrons. The Bertz CT molecular complexity index is 993. The Morgan fingerprint density at radius 2 is 1.81 bits per heavy atom. The Hall–Kier alpha value is -2.70. The monoisotopic (exact) mass is 434 g/mol. The predicted octanol–water partition coefficient (Wildman–Crippen LogP) is 3.13.